The third kappa shape index (κ3) is 5.19. The minimum atomic E-state index is -0.174. The Labute approximate surface area is 185 Å². The molecule has 0 spiro atoms. The van der Waals surface area contributed by atoms with Gasteiger partial charge in [0.2, 0.25) is 5.91 Å². The van der Waals surface area contributed by atoms with Crippen molar-refractivity contribution in [2.24, 2.45) is 0 Å². The Morgan fingerprint density at radius 1 is 0.903 bits per heavy atom. The van der Waals surface area contributed by atoms with E-state index in [0.29, 0.717) is 22.9 Å². The van der Waals surface area contributed by atoms with Crippen LogP contribution in [0.3, 0.4) is 0 Å². The number of fused-ring (bicyclic) bond motifs is 1. The molecular formula is C25H22ClN3O2. The zero-order valence-corrected chi connectivity index (χ0v) is 17.7. The summed E-state index contributed by atoms with van der Waals surface area (Å²) in [5, 5.41) is 3.43. The molecule has 1 aromatic heterocycles. The van der Waals surface area contributed by atoms with Gasteiger partial charge in [-0.1, -0.05) is 54.1 Å². The number of halogens is 1. The summed E-state index contributed by atoms with van der Waals surface area (Å²) in [5.74, 6) is -0.174. The number of aromatic nitrogens is 2. The topological polar surface area (TPSA) is 64.0 Å². The van der Waals surface area contributed by atoms with Crippen LogP contribution in [0.4, 0.5) is 5.69 Å². The maximum atomic E-state index is 13.2. The first-order valence-electron chi connectivity index (χ1n) is 10.2. The van der Waals surface area contributed by atoms with Crippen molar-refractivity contribution in [2.45, 2.75) is 25.8 Å². The molecule has 1 amide bonds. The number of nitrogens with zero attached hydrogens (tertiary/aromatic N) is 2. The fourth-order valence-electron chi connectivity index (χ4n) is 3.50. The summed E-state index contributed by atoms with van der Waals surface area (Å²) in [6.07, 6.45) is 1.18. The van der Waals surface area contributed by atoms with Crippen molar-refractivity contribution in [1.29, 1.82) is 0 Å². The Balaban J connectivity index is 1.53. The van der Waals surface area contributed by atoms with Gasteiger partial charge in [0.05, 0.1) is 11.0 Å². The van der Waals surface area contributed by atoms with E-state index in [1.807, 2.05) is 42.5 Å². The van der Waals surface area contributed by atoms with E-state index in [2.05, 4.69) is 22.4 Å². The van der Waals surface area contributed by atoms with Crippen LogP contribution in [0.25, 0.3) is 11.0 Å². The maximum Gasteiger partial charge on any atom is 0.272 e. The number of rotatable bonds is 7. The van der Waals surface area contributed by atoms with Gasteiger partial charge in [-0.25, -0.2) is 4.98 Å². The van der Waals surface area contributed by atoms with Crippen molar-refractivity contribution < 1.29 is 4.79 Å². The zero-order chi connectivity index (χ0) is 21.6. The average Bonchev–Trinajstić information content (AvgIpc) is 2.79. The SMILES string of the molecule is O=C(CCc1nc2ccccc2n(CCc2ccccc2)c1=O)Nc1ccc(Cl)cc1. The Kier molecular flexibility index (Phi) is 6.43. The number of carbonyl (C=O) groups is 1. The van der Waals surface area contributed by atoms with Gasteiger partial charge < -0.3 is 9.88 Å². The highest BCUT2D eigenvalue weighted by Crippen LogP contribution is 2.15. The lowest BCUT2D eigenvalue weighted by Crippen LogP contribution is -2.27. The van der Waals surface area contributed by atoms with Crippen LogP contribution < -0.4 is 10.9 Å². The molecule has 0 aliphatic heterocycles. The lowest BCUT2D eigenvalue weighted by Gasteiger charge is -2.12. The standard InChI is InChI=1S/C25H22ClN3O2/c26-19-10-12-20(13-11-19)27-24(30)15-14-22-25(31)29(17-16-18-6-2-1-3-7-18)23-9-5-4-8-21(23)28-22/h1-13H,14-17H2,(H,27,30). The van der Waals surface area contributed by atoms with Crippen molar-refractivity contribution >= 4 is 34.2 Å². The molecule has 0 atom stereocenters. The normalized spacial score (nSPS) is 10.9. The van der Waals surface area contributed by atoms with E-state index in [1.54, 1.807) is 28.8 Å². The molecule has 156 valence electrons. The van der Waals surface area contributed by atoms with E-state index in [-0.39, 0.29) is 24.3 Å². The van der Waals surface area contributed by atoms with Crippen molar-refractivity contribution in [3.8, 4) is 0 Å². The molecule has 1 heterocycles. The van der Waals surface area contributed by atoms with Gasteiger partial charge in [0.15, 0.2) is 0 Å². The first-order valence-corrected chi connectivity index (χ1v) is 10.6. The van der Waals surface area contributed by atoms with Gasteiger partial charge in [-0.05, 0) is 48.4 Å². The minimum absolute atomic E-state index is 0.145. The number of benzene rings is 3. The average molecular weight is 432 g/mol. The summed E-state index contributed by atoms with van der Waals surface area (Å²) in [4.78, 5) is 30.1. The van der Waals surface area contributed by atoms with Gasteiger partial charge in [-0.3, -0.25) is 9.59 Å². The number of nitrogens with one attached hydrogen (secondary N) is 1. The molecule has 5 nitrogen and oxygen atoms in total. The minimum Gasteiger partial charge on any atom is -0.326 e. The van der Waals surface area contributed by atoms with Gasteiger partial charge in [0.25, 0.3) is 5.56 Å². The highest BCUT2D eigenvalue weighted by molar-refractivity contribution is 6.30. The van der Waals surface area contributed by atoms with Crippen molar-refractivity contribution in [2.75, 3.05) is 5.32 Å². The van der Waals surface area contributed by atoms with Crippen LogP contribution in [0.1, 0.15) is 17.7 Å². The molecule has 3 aromatic carbocycles. The quantitative estimate of drug-likeness (QED) is 0.454. The molecular weight excluding hydrogens is 410 g/mol. The maximum absolute atomic E-state index is 13.2. The Bertz CT molecular complexity index is 1250. The van der Waals surface area contributed by atoms with Crippen LogP contribution in [-0.4, -0.2) is 15.5 Å². The van der Waals surface area contributed by atoms with Gasteiger partial charge >= 0.3 is 0 Å². The second-order valence-electron chi connectivity index (χ2n) is 7.29. The van der Waals surface area contributed by atoms with Crippen LogP contribution in [0.5, 0.6) is 0 Å². The molecule has 0 saturated carbocycles. The molecule has 0 bridgehead atoms. The molecule has 4 aromatic rings. The van der Waals surface area contributed by atoms with Crippen LogP contribution >= 0.6 is 11.6 Å². The molecule has 31 heavy (non-hydrogen) atoms. The summed E-state index contributed by atoms with van der Waals surface area (Å²) >= 11 is 5.88. The number of para-hydroxylation sites is 2. The molecule has 1 N–H and O–H groups in total. The van der Waals surface area contributed by atoms with Gasteiger partial charge in [0, 0.05) is 30.1 Å². The third-order valence-corrected chi connectivity index (χ3v) is 5.36. The van der Waals surface area contributed by atoms with Crippen molar-refractivity contribution in [3.05, 3.63) is 105 Å². The van der Waals surface area contributed by atoms with Crippen LogP contribution in [0.2, 0.25) is 5.02 Å². The van der Waals surface area contributed by atoms with Crippen molar-refractivity contribution in [1.82, 2.24) is 9.55 Å². The van der Waals surface area contributed by atoms with Gasteiger partial charge in [-0.15, -0.1) is 0 Å². The predicted molar refractivity (Wildman–Crippen MR) is 125 cm³/mol. The molecule has 0 unspecified atom stereocenters. The molecule has 4 rings (SSSR count). The number of amides is 1. The third-order valence-electron chi connectivity index (χ3n) is 5.10. The van der Waals surface area contributed by atoms with E-state index in [4.69, 9.17) is 11.6 Å². The number of carbonyl (C=O) groups excluding carboxylic acids is 1. The summed E-state index contributed by atoms with van der Waals surface area (Å²) in [5.41, 5.74) is 3.65. The molecule has 0 aliphatic carbocycles. The second kappa shape index (κ2) is 9.58. The molecule has 0 saturated heterocycles. The number of hydrogen-bond donors (Lipinski definition) is 1. The number of aryl methyl sites for hydroxylation is 3. The number of anilines is 1. The fraction of sp³-hybridized carbons (Fsp3) is 0.160. The smallest absolute Gasteiger partial charge is 0.272 e. The summed E-state index contributed by atoms with van der Waals surface area (Å²) in [6, 6.07) is 24.6. The van der Waals surface area contributed by atoms with E-state index < -0.39 is 0 Å². The summed E-state index contributed by atoms with van der Waals surface area (Å²) in [6.45, 7) is 0.551. The van der Waals surface area contributed by atoms with E-state index in [9.17, 15) is 9.59 Å². The van der Waals surface area contributed by atoms with Gasteiger partial charge in [-0.2, -0.15) is 0 Å². The van der Waals surface area contributed by atoms with E-state index >= 15 is 0 Å². The fourth-order valence-corrected chi connectivity index (χ4v) is 3.63. The van der Waals surface area contributed by atoms with Crippen LogP contribution in [0.15, 0.2) is 83.7 Å². The first-order chi connectivity index (χ1) is 15.1. The Morgan fingerprint density at radius 3 is 2.39 bits per heavy atom. The highest BCUT2D eigenvalue weighted by atomic mass is 35.5. The molecule has 0 fully saturated rings. The molecule has 0 radical (unpaired) electrons. The number of hydrogen-bond acceptors (Lipinski definition) is 3. The zero-order valence-electron chi connectivity index (χ0n) is 16.9. The van der Waals surface area contributed by atoms with E-state index in [0.717, 1.165) is 17.5 Å². The summed E-state index contributed by atoms with van der Waals surface area (Å²) in [7, 11) is 0. The van der Waals surface area contributed by atoms with Crippen LogP contribution in [-0.2, 0) is 24.2 Å². The largest absolute Gasteiger partial charge is 0.326 e. The second-order valence-corrected chi connectivity index (χ2v) is 7.73. The summed E-state index contributed by atoms with van der Waals surface area (Å²) < 4.78 is 1.77. The molecule has 0 aliphatic rings. The monoisotopic (exact) mass is 431 g/mol. The predicted octanol–water partition coefficient (Wildman–Crippen LogP) is 4.86. The highest BCUT2D eigenvalue weighted by Gasteiger charge is 2.13. The lowest BCUT2D eigenvalue weighted by atomic mass is 10.1. The van der Waals surface area contributed by atoms with Gasteiger partial charge in [0.1, 0.15) is 5.69 Å². The Morgan fingerprint density at radius 2 is 1.61 bits per heavy atom. The molecule has 6 heteroatoms. The van der Waals surface area contributed by atoms with Crippen molar-refractivity contribution in [3.63, 3.8) is 0 Å². The lowest BCUT2D eigenvalue weighted by molar-refractivity contribution is -0.116. The van der Waals surface area contributed by atoms with E-state index in [1.165, 1.54) is 5.56 Å². The Hall–Kier alpha value is -3.44. The first kappa shape index (κ1) is 20.8. The van der Waals surface area contributed by atoms with Crippen LogP contribution in [0, 0.1) is 0 Å².